The molecule has 0 aliphatic carbocycles. The fraction of sp³-hybridized carbons (Fsp3) is 0.0870. The van der Waals surface area contributed by atoms with Gasteiger partial charge in [-0.05, 0) is 48.9 Å². The van der Waals surface area contributed by atoms with Crippen molar-refractivity contribution in [2.45, 2.75) is 13.0 Å². The van der Waals surface area contributed by atoms with Crippen molar-refractivity contribution in [1.82, 2.24) is 15.3 Å². The van der Waals surface area contributed by atoms with Gasteiger partial charge in [0.05, 0.1) is 11.6 Å². The van der Waals surface area contributed by atoms with Gasteiger partial charge in [0.15, 0.2) is 0 Å². The Morgan fingerprint density at radius 3 is 2.34 bits per heavy atom. The number of aromatic nitrogens is 2. The zero-order valence-corrected chi connectivity index (χ0v) is 15.8. The Kier molecular flexibility index (Phi) is 5.16. The molecule has 0 fully saturated rings. The summed E-state index contributed by atoms with van der Waals surface area (Å²) in [6, 6.07) is 22.9. The van der Waals surface area contributed by atoms with E-state index in [2.05, 4.69) is 20.6 Å². The highest BCUT2D eigenvalue weighted by Crippen LogP contribution is 2.24. The number of fused-ring (bicyclic) bond motifs is 1. The van der Waals surface area contributed by atoms with E-state index < -0.39 is 0 Å². The Morgan fingerprint density at radius 1 is 0.897 bits per heavy atom. The number of hydrogen-bond acceptors (Lipinski definition) is 4. The molecule has 0 saturated heterocycles. The van der Waals surface area contributed by atoms with Crippen LogP contribution in [0, 0.1) is 5.82 Å². The molecule has 1 atom stereocenters. The lowest BCUT2D eigenvalue weighted by Gasteiger charge is -2.15. The third kappa shape index (κ3) is 4.21. The molecule has 0 radical (unpaired) electrons. The van der Waals surface area contributed by atoms with Crippen molar-refractivity contribution >= 4 is 28.3 Å². The average Bonchev–Trinajstić information content (AvgIpc) is 2.75. The van der Waals surface area contributed by atoms with Crippen LogP contribution >= 0.6 is 0 Å². The first-order chi connectivity index (χ1) is 14.1. The maximum Gasteiger partial charge on any atom is 0.289 e. The Bertz CT molecular complexity index is 1150. The number of anilines is 2. The van der Waals surface area contributed by atoms with E-state index in [9.17, 15) is 9.18 Å². The highest BCUT2D eigenvalue weighted by molar-refractivity contribution is 5.97. The molecule has 4 rings (SSSR count). The van der Waals surface area contributed by atoms with Gasteiger partial charge in [0.25, 0.3) is 5.91 Å². The van der Waals surface area contributed by atoms with Crippen molar-refractivity contribution in [3.05, 3.63) is 96.1 Å². The summed E-state index contributed by atoms with van der Waals surface area (Å²) < 4.78 is 13.2. The predicted molar refractivity (Wildman–Crippen MR) is 112 cm³/mol. The van der Waals surface area contributed by atoms with Gasteiger partial charge in [-0.2, -0.15) is 0 Å². The van der Waals surface area contributed by atoms with Gasteiger partial charge in [-0.3, -0.25) is 4.79 Å². The Hall–Kier alpha value is -3.80. The second-order valence-electron chi connectivity index (χ2n) is 6.65. The zero-order valence-electron chi connectivity index (χ0n) is 15.8. The van der Waals surface area contributed by atoms with Crippen molar-refractivity contribution in [3.63, 3.8) is 0 Å². The second-order valence-corrected chi connectivity index (χ2v) is 6.65. The van der Waals surface area contributed by atoms with E-state index in [0.717, 1.165) is 10.9 Å². The van der Waals surface area contributed by atoms with Gasteiger partial charge in [0.2, 0.25) is 5.82 Å². The quantitative estimate of drug-likeness (QED) is 0.506. The van der Waals surface area contributed by atoms with E-state index >= 15 is 0 Å². The molecule has 2 N–H and O–H groups in total. The first-order valence-corrected chi connectivity index (χ1v) is 9.25. The summed E-state index contributed by atoms with van der Waals surface area (Å²) >= 11 is 0. The molecule has 4 aromatic rings. The van der Waals surface area contributed by atoms with Gasteiger partial charge < -0.3 is 10.6 Å². The molecule has 6 heteroatoms. The maximum atomic E-state index is 13.2. The van der Waals surface area contributed by atoms with E-state index in [0.29, 0.717) is 17.0 Å². The smallest absolute Gasteiger partial charge is 0.289 e. The van der Waals surface area contributed by atoms with Crippen LogP contribution in [0.1, 0.15) is 29.1 Å². The van der Waals surface area contributed by atoms with E-state index in [1.807, 2.05) is 61.5 Å². The van der Waals surface area contributed by atoms with Gasteiger partial charge in [-0.15, -0.1) is 0 Å². The lowest BCUT2D eigenvalue weighted by Crippen LogP contribution is -2.28. The first-order valence-electron chi connectivity index (χ1n) is 9.25. The molecular formula is C23H19FN4O. The van der Waals surface area contributed by atoms with Crippen LogP contribution in [0.4, 0.5) is 15.9 Å². The van der Waals surface area contributed by atoms with Gasteiger partial charge in [-0.1, -0.05) is 42.5 Å². The van der Waals surface area contributed by atoms with Crippen LogP contribution in [0.2, 0.25) is 0 Å². The van der Waals surface area contributed by atoms with Crippen molar-refractivity contribution in [1.29, 1.82) is 0 Å². The van der Waals surface area contributed by atoms with Crippen LogP contribution < -0.4 is 10.6 Å². The first kappa shape index (κ1) is 18.6. The van der Waals surface area contributed by atoms with Crippen LogP contribution in [0.5, 0.6) is 0 Å². The number of rotatable bonds is 5. The standard InChI is InChI=1S/C23H19FN4O/c1-15(16-7-3-2-4-8-16)25-23(29)22-27-20-10-6-5-9-19(20)21(28-22)26-18-13-11-17(24)12-14-18/h2-15H,1H3,(H,25,29)(H,26,27,28)/t15-/m0/s1. The van der Waals surface area contributed by atoms with Crippen molar-refractivity contribution in [2.75, 3.05) is 5.32 Å². The lowest BCUT2D eigenvalue weighted by atomic mass is 10.1. The van der Waals surface area contributed by atoms with Crippen LogP contribution in [0.15, 0.2) is 78.9 Å². The van der Waals surface area contributed by atoms with E-state index in [-0.39, 0.29) is 23.6 Å². The monoisotopic (exact) mass is 386 g/mol. The Labute approximate surface area is 167 Å². The zero-order chi connectivity index (χ0) is 20.2. The number of benzene rings is 3. The third-order valence-corrected chi connectivity index (χ3v) is 4.56. The van der Waals surface area contributed by atoms with Crippen molar-refractivity contribution in [3.8, 4) is 0 Å². The SMILES string of the molecule is C[C@H](NC(=O)c1nc(Nc2ccc(F)cc2)c2ccccc2n1)c1ccccc1. The van der Waals surface area contributed by atoms with Crippen molar-refractivity contribution in [2.24, 2.45) is 0 Å². The van der Waals surface area contributed by atoms with Gasteiger partial charge >= 0.3 is 0 Å². The molecule has 5 nitrogen and oxygen atoms in total. The molecule has 1 amide bonds. The average molecular weight is 386 g/mol. The van der Waals surface area contributed by atoms with Crippen LogP contribution in [0.3, 0.4) is 0 Å². The molecule has 1 aromatic heterocycles. The minimum atomic E-state index is -0.366. The summed E-state index contributed by atoms with van der Waals surface area (Å²) in [5, 5.41) is 6.86. The molecule has 0 bridgehead atoms. The number of hydrogen-bond donors (Lipinski definition) is 2. The number of carbonyl (C=O) groups is 1. The van der Waals surface area contributed by atoms with Crippen LogP contribution in [-0.4, -0.2) is 15.9 Å². The molecule has 0 unspecified atom stereocenters. The fourth-order valence-electron chi connectivity index (χ4n) is 3.03. The minimum absolute atomic E-state index is 0.0658. The summed E-state index contributed by atoms with van der Waals surface area (Å²) in [7, 11) is 0. The fourth-order valence-corrected chi connectivity index (χ4v) is 3.03. The largest absolute Gasteiger partial charge is 0.343 e. The molecule has 3 aromatic carbocycles. The van der Waals surface area contributed by atoms with E-state index in [4.69, 9.17) is 0 Å². The predicted octanol–water partition coefficient (Wildman–Crippen LogP) is 5.00. The molecule has 0 saturated carbocycles. The molecule has 144 valence electrons. The Morgan fingerprint density at radius 2 is 1.59 bits per heavy atom. The molecule has 29 heavy (non-hydrogen) atoms. The van der Waals surface area contributed by atoms with Gasteiger partial charge in [-0.25, -0.2) is 14.4 Å². The summed E-state index contributed by atoms with van der Waals surface area (Å²) in [6.45, 7) is 1.91. The highest BCUT2D eigenvalue weighted by Gasteiger charge is 2.17. The second kappa shape index (κ2) is 8.06. The summed E-state index contributed by atoms with van der Waals surface area (Å²) in [5.41, 5.74) is 2.30. The number of para-hydroxylation sites is 1. The van der Waals surface area contributed by atoms with Crippen molar-refractivity contribution < 1.29 is 9.18 Å². The molecule has 0 aliphatic heterocycles. The minimum Gasteiger partial charge on any atom is -0.343 e. The van der Waals surface area contributed by atoms with E-state index in [1.54, 1.807) is 12.1 Å². The van der Waals surface area contributed by atoms with Crippen LogP contribution in [-0.2, 0) is 0 Å². The summed E-state index contributed by atoms with van der Waals surface area (Å²) in [4.78, 5) is 21.7. The number of nitrogens with one attached hydrogen (secondary N) is 2. The molecular weight excluding hydrogens is 367 g/mol. The number of carbonyl (C=O) groups excluding carboxylic acids is 1. The summed E-state index contributed by atoms with van der Waals surface area (Å²) in [6.07, 6.45) is 0. The summed E-state index contributed by atoms with van der Waals surface area (Å²) in [5.74, 6) is -0.136. The number of nitrogens with zero attached hydrogens (tertiary/aromatic N) is 2. The molecule has 0 aliphatic rings. The third-order valence-electron chi connectivity index (χ3n) is 4.56. The Balaban J connectivity index is 1.66. The lowest BCUT2D eigenvalue weighted by molar-refractivity contribution is 0.0930. The molecule has 0 spiro atoms. The van der Waals surface area contributed by atoms with Gasteiger partial charge in [0, 0.05) is 11.1 Å². The van der Waals surface area contributed by atoms with Crippen LogP contribution in [0.25, 0.3) is 10.9 Å². The highest BCUT2D eigenvalue weighted by atomic mass is 19.1. The van der Waals surface area contributed by atoms with Gasteiger partial charge in [0.1, 0.15) is 11.6 Å². The molecule has 1 heterocycles. The van der Waals surface area contributed by atoms with E-state index in [1.165, 1.54) is 12.1 Å². The topological polar surface area (TPSA) is 66.9 Å². The number of halogens is 1. The normalized spacial score (nSPS) is 11.8. The maximum absolute atomic E-state index is 13.2. The number of amides is 1.